The van der Waals surface area contributed by atoms with Crippen molar-refractivity contribution in [3.8, 4) is 0 Å². The van der Waals surface area contributed by atoms with Gasteiger partial charge in [-0.3, -0.25) is 4.79 Å². The molecule has 7 heteroatoms. The van der Waals surface area contributed by atoms with Gasteiger partial charge in [-0.15, -0.1) is 0 Å². The molecular weight excluding hydrogens is 386 g/mol. The molecule has 1 N–H and O–H groups in total. The zero-order valence-corrected chi connectivity index (χ0v) is 17.5. The van der Waals surface area contributed by atoms with Crippen LogP contribution in [0.2, 0.25) is 0 Å². The van der Waals surface area contributed by atoms with E-state index in [-0.39, 0.29) is 5.91 Å². The second-order valence-corrected chi connectivity index (χ2v) is 7.31. The number of nitrogens with one attached hydrogen (secondary N) is 1. The fourth-order valence-electron chi connectivity index (χ4n) is 2.91. The Morgan fingerprint density at radius 3 is 2.34 bits per heavy atom. The van der Waals surface area contributed by atoms with Gasteiger partial charge in [-0.25, -0.2) is 9.79 Å². The molecule has 1 aliphatic heterocycles. The Bertz CT molecular complexity index is 946. The van der Waals surface area contributed by atoms with E-state index in [4.69, 9.17) is 0 Å². The van der Waals surface area contributed by atoms with Crippen LogP contribution < -0.4 is 10.2 Å². The van der Waals surface area contributed by atoms with Gasteiger partial charge in [0.05, 0.1) is 23.3 Å². The van der Waals surface area contributed by atoms with E-state index in [9.17, 15) is 9.59 Å². The molecule has 0 saturated carbocycles. The van der Waals surface area contributed by atoms with Gasteiger partial charge >= 0.3 is 5.97 Å². The molecule has 29 heavy (non-hydrogen) atoms. The van der Waals surface area contributed by atoms with E-state index in [1.165, 1.54) is 24.6 Å². The Labute approximate surface area is 174 Å². The maximum absolute atomic E-state index is 12.3. The molecule has 0 aliphatic carbocycles. The van der Waals surface area contributed by atoms with Crippen LogP contribution in [0.25, 0.3) is 6.08 Å². The number of hydrogen-bond acceptors (Lipinski definition) is 6. The van der Waals surface area contributed by atoms with E-state index in [0.29, 0.717) is 21.3 Å². The molecule has 1 saturated heterocycles. The number of carbonyl (C=O) groups excluding carboxylic acids is 2. The molecule has 150 valence electrons. The van der Waals surface area contributed by atoms with Crippen molar-refractivity contribution in [2.75, 3.05) is 25.1 Å². The quantitative estimate of drug-likeness (QED) is 0.572. The Morgan fingerprint density at radius 1 is 1.10 bits per heavy atom. The number of rotatable bonds is 6. The van der Waals surface area contributed by atoms with Gasteiger partial charge in [0.25, 0.3) is 5.91 Å². The summed E-state index contributed by atoms with van der Waals surface area (Å²) in [7, 11) is 1.34. The third-order valence-electron chi connectivity index (χ3n) is 4.49. The average molecular weight is 410 g/mol. The number of amidine groups is 1. The lowest BCUT2D eigenvalue weighted by Crippen LogP contribution is -2.21. The lowest BCUT2D eigenvalue weighted by Gasteiger charge is -2.20. The second kappa shape index (κ2) is 9.43. The van der Waals surface area contributed by atoms with E-state index >= 15 is 0 Å². The zero-order valence-electron chi connectivity index (χ0n) is 16.6. The van der Waals surface area contributed by atoms with Crippen LogP contribution in [0.5, 0.6) is 0 Å². The van der Waals surface area contributed by atoms with Gasteiger partial charge in [0, 0.05) is 18.8 Å². The Kier molecular flexibility index (Phi) is 6.72. The smallest absolute Gasteiger partial charge is 0.337 e. The van der Waals surface area contributed by atoms with Gasteiger partial charge in [0.15, 0.2) is 5.17 Å². The molecule has 0 aromatic heterocycles. The van der Waals surface area contributed by atoms with Crippen molar-refractivity contribution >= 4 is 46.3 Å². The summed E-state index contributed by atoms with van der Waals surface area (Å²) in [5.74, 6) is -0.572. The van der Waals surface area contributed by atoms with Crippen molar-refractivity contribution < 1.29 is 14.3 Å². The number of aliphatic imine (C=N–C) groups is 1. The van der Waals surface area contributed by atoms with Crippen molar-refractivity contribution in [3.05, 3.63) is 64.6 Å². The fourth-order valence-corrected chi connectivity index (χ4v) is 3.75. The van der Waals surface area contributed by atoms with Crippen molar-refractivity contribution in [1.29, 1.82) is 0 Å². The minimum Gasteiger partial charge on any atom is -0.465 e. The first kappa shape index (κ1) is 20.7. The lowest BCUT2D eigenvalue weighted by molar-refractivity contribution is -0.115. The normalized spacial score (nSPS) is 16.2. The van der Waals surface area contributed by atoms with Gasteiger partial charge in [-0.2, -0.15) is 0 Å². The van der Waals surface area contributed by atoms with Crippen LogP contribution in [0.15, 0.2) is 58.4 Å². The van der Waals surface area contributed by atoms with Crippen molar-refractivity contribution in [2.24, 2.45) is 4.99 Å². The van der Waals surface area contributed by atoms with Crippen LogP contribution in [-0.2, 0) is 9.53 Å². The molecule has 2 aromatic rings. The Balaban J connectivity index is 1.72. The monoisotopic (exact) mass is 409 g/mol. The highest BCUT2D eigenvalue weighted by Gasteiger charge is 2.23. The van der Waals surface area contributed by atoms with E-state index in [2.05, 4.69) is 45.9 Å². The summed E-state index contributed by atoms with van der Waals surface area (Å²) in [6.07, 6.45) is 1.86. The summed E-state index contributed by atoms with van der Waals surface area (Å²) in [4.78, 5) is 31.1. The first-order valence-corrected chi connectivity index (χ1v) is 10.2. The van der Waals surface area contributed by atoms with Gasteiger partial charge in [0.2, 0.25) is 0 Å². The second-order valence-electron chi connectivity index (χ2n) is 6.28. The predicted molar refractivity (Wildman–Crippen MR) is 119 cm³/mol. The Hall–Kier alpha value is -3.06. The number of thioether (sulfide) groups is 1. The number of anilines is 1. The first-order chi connectivity index (χ1) is 14.0. The Morgan fingerprint density at radius 2 is 1.76 bits per heavy atom. The molecule has 3 rings (SSSR count). The van der Waals surface area contributed by atoms with E-state index in [1.807, 2.05) is 18.2 Å². The molecule has 0 atom stereocenters. The summed E-state index contributed by atoms with van der Waals surface area (Å²) in [5.41, 5.74) is 3.22. The van der Waals surface area contributed by atoms with Gasteiger partial charge in [-0.05, 0) is 73.6 Å². The largest absolute Gasteiger partial charge is 0.465 e. The molecule has 1 fully saturated rings. The van der Waals surface area contributed by atoms with Crippen LogP contribution in [0.1, 0.15) is 29.8 Å². The molecule has 0 radical (unpaired) electrons. The van der Waals surface area contributed by atoms with Gasteiger partial charge in [-0.1, -0.05) is 12.1 Å². The lowest BCUT2D eigenvalue weighted by atomic mass is 10.1. The number of nitrogens with zero attached hydrogens (tertiary/aromatic N) is 2. The molecule has 1 amide bonds. The number of amides is 1. The van der Waals surface area contributed by atoms with Crippen molar-refractivity contribution in [2.45, 2.75) is 13.8 Å². The number of carbonyl (C=O) groups is 2. The van der Waals surface area contributed by atoms with Crippen LogP contribution in [0.4, 0.5) is 11.4 Å². The molecule has 2 aromatic carbocycles. The van der Waals surface area contributed by atoms with Gasteiger partial charge in [0.1, 0.15) is 0 Å². The number of methoxy groups -OCH3 is 1. The van der Waals surface area contributed by atoms with E-state index in [1.54, 1.807) is 24.3 Å². The maximum atomic E-state index is 12.3. The highest BCUT2D eigenvalue weighted by molar-refractivity contribution is 8.18. The average Bonchev–Trinajstić information content (AvgIpc) is 3.08. The summed E-state index contributed by atoms with van der Waals surface area (Å²) in [6, 6.07) is 14.8. The summed E-state index contributed by atoms with van der Waals surface area (Å²) in [6.45, 7) is 6.16. The molecule has 0 bridgehead atoms. The molecule has 0 spiro atoms. The minimum absolute atomic E-state index is 0.173. The predicted octanol–water partition coefficient (Wildman–Crippen LogP) is 4.21. The topological polar surface area (TPSA) is 71.0 Å². The molecule has 0 unspecified atom stereocenters. The summed E-state index contributed by atoms with van der Waals surface area (Å²) < 4.78 is 4.68. The van der Waals surface area contributed by atoms with Crippen molar-refractivity contribution in [3.63, 3.8) is 0 Å². The SMILES string of the molecule is CCN(CC)c1ccc(/C=C2\SC(=Nc3ccc(C(=O)OC)cc3)NC2=O)cc1. The first-order valence-electron chi connectivity index (χ1n) is 9.37. The molecule has 1 aliphatic rings. The minimum atomic E-state index is -0.398. The van der Waals surface area contributed by atoms with Crippen LogP contribution >= 0.6 is 11.8 Å². The highest BCUT2D eigenvalue weighted by Crippen LogP contribution is 2.28. The third kappa shape index (κ3) is 5.06. The number of ether oxygens (including phenoxy) is 1. The van der Waals surface area contributed by atoms with Crippen LogP contribution in [-0.4, -0.2) is 37.2 Å². The fraction of sp³-hybridized carbons (Fsp3) is 0.227. The van der Waals surface area contributed by atoms with E-state index in [0.717, 1.165) is 18.7 Å². The molecule has 1 heterocycles. The highest BCUT2D eigenvalue weighted by atomic mass is 32.2. The maximum Gasteiger partial charge on any atom is 0.337 e. The van der Waals surface area contributed by atoms with Crippen LogP contribution in [0, 0.1) is 0 Å². The number of hydrogen-bond donors (Lipinski definition) is 1. The standard InChI is InChI=1S/C22H23N3O3S/c1-4-25(5-2)18-12-6-15(7-13-18)14-19-20(26)24-22(29-19)23-17-10-8-16(9-11-17)21(27)28-3/h6-14H,4-5H2,1-3H3,(H,23,24,26)/b19-14-. The third-order valence-corrected chi connectivity index (χ3v) is 5.40. The van der Waals surface area contributed by atoms with Crippen LogP contribution in [0.3, 0.4) is 0 Å². The summed E-state index contributed by atoms with van der Waals surface area (Å²) in [5, 5.41) is 3.28. The number of esters is 1. The van der Waals surface area contributed by atoms with E-state index < -0.39 is 5.97 Å². The molecular formula is C22H23N3O3S. The zero-order chi connectivity index (χ0) is 20.8. The summed E-state index contributed by atoms with van der Waals surface area (Å²) >= 11 is 1.29. The molecule has 6 nitrogen and oxygen atoms in total. The van der Waals surface area contributed by atoms with Crippen molar-refractivity contribution in [1.82, 2.24) is 5.32 Å². The van der Waals surface area contributed by atoms with Gasteiger partial charge < -0.3 is 15.0 Å². The number of benzene rings is 2.